The maximum atomic E-state index is 11.9. The van der Waals surface area contributed by atoms with Gasteiger partial charge in [-0.05, 0) is 5.92 Å². The fourth-order valence-electron chi connectivity index (χ4n) is 1.53. The molecule has 3 atom stereocenters. The number of likely N-dealkylation sites (N-methyl/N-ethyl adjacent to an activating group) is 1. The first-order chi connectivity index (χ1) is 7.84. The molecule has 6 heteroatoms. The van der Waals surface area contributed by atoms with Crippen molar-refractivity contribution in [3.05, 3.63) is 0 Å². The summed E-state index contributed by atoms with van der Waals surface area (Å²) in [6, 6.07) is -0.505. The van der Waals surface area contributed by atoms with Crippen LogP contribution >= 0.6 is 12.4 Å². The third-order valence-corrected chi connectivity index (χ3v) is 3.07. The molecule has 0 heterocycles. The summed E-state index contributed by atoms with van der Waals surface area (Å²) in [7, 11) is 3.00. The van der Waals surface area contributed by atoms with Crippen molar-refractivity contribution in [2.45, 2.75) is 33.2 Å². The SMILES string of the molecule is CCC(C)C(N)C(=O)N(C)CC(C)C(=O)OC.Cl. The minimum Gasteiger partial charge on any atom is -0.469 e. The lowest BCUT2D eigenvalue weighted by Gasteiger charge is -2.26. The van der Waals surface area contributed by atoms with Crippen molar-refractivity contribution in [1.29, 1.82) is 0 Å². The summed E-state index contributed by atoms with van der Waals surface area (Å²) in [6.45, 7) is 6.00. The predicted molar refractivity (Wildman–Crippen MR) is 73.5 cm³/mol. The molecule has 0 aromatic rings. The van der Waals surface area contributed by atoms with E-state index in [4.69, 9.17) is 5.73 Å². The Morgan fingerprint density at radius 1 is 1.33 bits per heavy atom. The van der Waals surface area contributed by atoms with E-state index in [1.54, 1.807) is 14.0 Å². The van der Waals surface area contributed by atoms with E-state index in [9.17, 15) is 9.59 Å². The van der Waals surface area contributed by atoms with Crippen molar-refractivity contribution in [2.75, 3.05) is 20.7 Å². The van der Waals surface area contributed by atoms with Crippen LogP contribution in [-0.4, -0.2) is 43.5 Å². The Morgan fingerprint density at radius 2 is 1.83 bits per heavy atom. The zero-order valence-electron chi connectivity index (χ0n) is 11.8. The van der Waals surface area contributed by atoms with Crippen LogP contribution in [0.1, 0.15) is 27.2 Å². The van der Waals surface area contributed by atoms with Crippen LogP contribution in [0.15, 0.2) is 0 Å². The van der Waals surface area contributed by atoms with Gasteiger partial charge in [0.15, 0.2) is 0 Å². The first kappa shape index (κ1) is 19.5. The number of carbonyl (C=O) groups excluding carboxylic acids is 2. The molecule has 0 rings (SSSR count). The van der Waals surface area contributed by atoms with Gasteiger partial charge in [0.2, 0.25) is 5.91 Å². The number of carbonyl (C=O) groups is 2. The summed E-state index contributed by atoms with van der Waals surface area (Å²) >= 11 is 0. The summed E-state index contributed by atoms with van der Waals surface area (Å²) in [5.74, 6) is -0.645. The monoisotopic (exact) mass is 280 g/mol. The summed E-state index contributed by atoms with van der Waals surface area (Å²) in [5, 5.41) is 0. The van der Waals surface area contributed by atoms with Crippen LogP contribution in [0.25, 0.3) is 0 Å². The molecule has 2 N–H and O–H groups in total. The summed E-state index contributed by atoms with van der Waals surface area (Å²) < 4.78 is 4.61. The minimum atomic E-state index is -0.505. The highest BCUT2D eigenvalue weighted by atomic mass is 35.5. The van der Waals surface area contributed by atoms with Gasteiger partial charge in [0.25, 0.3) is 0 Å². The maximum Gasteiger partial charge on any atom is 0.310 e. The number of halogens is 1. The number of ether oxygens (including phenoxy) is 1. The van der Waals surface area contributed by atoms with E-state index in [0.29, 0.717) is 6.54 Å². The van der Waals surface area contributed by atoms with Crippen LogP contribution in [0.5, 0.6) is 0 Å². The molecule has 0 bridgehead atoms. The Hall–Kier alpha value is -0.810. The number of hydrogen-bond acceptors (Lipinski definition) is 4. The molecule has 0 saturated heterocycles. The lowest BCUT2D eigenvalue weighted by Crippen LogP contribution is -2.47. The number of methoxy groups -OCH3 is 1. The molecule has 108 valence electrons. The van der Waals surface area contributed by atoms with Gasteiger partial charge in [-0.2, -0.15) is 0 Å². The molecular formula is C12H25ClN2O3. The number of nitrogens with two attached hydrogens (primary N) is 1. The van der Waals surface area contributed by atoms with Crippen molar-refractivity contribution in [3.63, 3.8) is 0 Å². The van der Waals surface area contributed by atoms with Crippen LogP contribution in [0, 0.1) is 11.8 Å². The highest BCUT2D eigenvalue weighted by Gasteiger charge is 2.25. The third-order valence-electron chi connectivity index (χ3n) is 3.07. The first-order valence-corrected chi connectivity index (χ1v) is 5.93. The fourth-order valence-corrected chi connectivity index (χ4v) is 1.53. The number of hydrogen-bond donors (Lipinski definition) is 1. The number of rotatable bonds is 6. The predicted octanol–water partition coefficient (Wildman–Crippen LogP) is 1.05. The molecule has 0 radical (unpaired) electrons. The van der Waals surface area contributed by atoms with Crippen molar-refractivity contribution < 1.29 is 14.3 Å². The molecule has 1 amide bonds. The van der Waals surface area contributed by atoms with Gasteiger partial charge in [0, 0.05) is 13.6 Å². The van der Waals surface area contributed by atoms with E-state index >= 15 is 0 Å². The normalized spacial score (nSPS) is 15.0. The first-order valence-electron chi connectivity index (χ1n) is 5.93. The Kier molecular flexibility index (Phi) is 9.94. The Morgan fingerprint density at radius 3 is 2.22 bits per heavy atom. The smallest absolute Gasteiger partial charge is 0.310 e. The zero-order valence-corrected chi connectivity index (χ0v) is 12.6. The quantitative estimate of drug-likeness (QED) is 0.738. The Labute approximate surface area is 115 Å². The lowest BCUT2D eigenvalue weighted by atomic mass is 9.98. The van der Waals surface area contributed by atoms with Crippen molar-refractivity contribution in [1.82, 2.24) is 4.90 Å². The summed E-state index contributed by atoms with van der Waals surface area (Å²) in [6.07, 6.45) is 0.854. The van der Waals surface area contributed by atoms with Gasteiger partial charge in [-0.15, -0.1) is 12.4 Å². The molecule has 5 nitrogen and oxygen atoms in total. The van der Waals surface area contributed by atoms with E-state index < -0.39 is 6.04 Å². The fraction of sp³-hybridized carbons (Fsp3) is 0.833. The topological polar surface area (TPSA) is 72.6 Å². The number of nitrogens with zero attached hydrogens (tertiary/aromatic N) is 1. The molecule has 0 spiro atoms. The molecule has 3 unspecified atom stereocenters. The van der Waals surface area contributed by atoms with E-state index in [2.05, 4.69) is 4.74 Å². The molecule has 0 aromatic carbocycles. The van der Waals surface area contributed by atoms with Gasteiger partial charge in [-0.1, -0.05) is 27.2 Å². The molecule has 0 aliphatic heterocycles. The second-order valence-electron chi connectivity index (χ2n) is 4.55. The average Bonchev–Trinajstić information content (AvgIpc) is 2.34. The molecular weight excluding hydrogens is 256 g/mol. The van der Waals surface area contributed by atoms with Crippen molar-refractivity contribution in [3.8, 4) is 0 Å². The lowest BCUT2D eigenvalue weighted by molar-refractivity contribution is -0.146. The minimum absolute atomic E-state index is 0. The summed E-state index contributed by atoms with van der Waals surface area (Å²) in [4.78, 5) is 24.7. The van der Waals surface area contributed by atoms with Gasteiger partial charge < -0.3 is 15.4 Å². The second kappa shape index (κ2) is 9.16. The molecule has 0 fully saturated rings. The Balaban J connectivity index is 0. The molecule has 0 aliphatic carbocycles. The average molecular weight is 281 g/mol. The zero-order chi connectivity index (χ0) is 13.6. The number of esters is 1. The molecule has 0 aliphatic rings. The van der Waals surface area contributed by atoms with E-state index in [-0.39, 0.29) is 36.1 Å². The highest BCUT2D eigenvalue weighted by molar-refractivity contribution is 5.85. The van der Waals surface area contributed by atoms with E-state index in [1.165, 1.54) is 12.0 Å². The van der Waals surface area contributed by atoms with Gasteiger partial charge in [-0.25, -0.2) is 0 Å². The molecule has 18 heavy (non-hydrogen) atoms. The third kappa shape index (κ3) is 5.69. The van der Waals surface area contributed by atoms with Crippen molar-refractivity contribution >= 4 is 24.3 Å². The van der Waals surface area contributed by atoms with E-state index in [1.807, 2.05) is 13.8 Å². The van der Waals surface area contributed by atoms with Crippen LogP contribution in [0.4, 0.5) is 0 Å². The van der Waals surface area contributed by atoms with E-state index in [0.717, 1.165) is 6.42 Å². The van der Waals surface area contributed by atoms with Crippen LogP contribution < -0.4 is 5.73 Å². The van der Waals surface area contributed by atoms with Crippen molar-refractivity contribution in [2.24, 2.45) is 17.6 Å². The Bertz CT molecular complexity index is 274. The maximum absolute atomic E-state index is 11.9. The van der Waals surface area contributed by atoms with Gasteiger partial charge in [0.05, 0.1) is 19.1 Å². The molecule has 0 saturated carbocycles. The number of amides is 1. The van der Waals surface area contributed by atoms with Crippen LogP contribution in [0.2, 0.25) is 0 Å². The second-order valence-corrected chi connectivity index (χ2v) is 4.55. The van der Waals surface area contributed by atoms with Gasteiger partial charge in [-0.3, -0.25) is 9.59 Å². The molecule has 0 aromatic heterocycles. The highest BCUT2D eigenvalue weighted by Crippen LogP contribution is 2.09. The van der Waals surface area contributed by atoms with Gasteiger partial charge in [0.1, 0.15) is 0 Å². The standard InChI is InChI=1S/C12H24N2O3.ClH/c1-6-8(2)10(13)11(15)14(4)7-9(3)12(16)17-5;/h8-10H,6-7,13H2,1-5H3;1H. The largest absolute Gasteiger partial charge is 0.469 e. The van der Waals surface area contributed by atoms with Crippen LogP contribution in [-0.2, 0) is 14.3 Å². The van der Waals surface area contributed by atoms with Crippen LogP contribution in [0.3, 0.4) is 0 Å². The van der Waals surface area contributed by atoms with Gasteiger partial charge >= 0.3 is 5.97 Å². The summed E-state index contributed by atoms with van der Waals surface area (Å²) in [5.41, 5.74) is 5.85.